The van der Waals surface area contributed by atoms with Gasteiger partial charge in [0.2, 0.25) is 21.7 Å². The van der Waals surface area contributed by atoms with E-state index in [1.54, 1.807) is 23.4 Å². The third-order valence-electron chi connectivity index (χ3n) is 6.39. The Bertz CT molecular complexity index is 1200. The van der Waals surface area contributed by atoms with Gasteiger partial charge in [0, 0.05) is 57.4 Å². The topological polar surface area (TPSA) is 112 Å². The lowest BCUT2D eigenvalue weighted by Gasteiger charge is -2.35. The predicted octanol–water partition coefficient (Wildman–Crippen LogP) is 3.17. The number of unbranched alkanes of at least 4 members (excludes halogenated alkanes) is 1. The minimum absolute atomic E-state index is 0.348. The van der Waals surface area contributed by atoms with Crippen LogP contribution in [-0.4, -0.2) is 78.2 Å². The minimum Gasteiger partial charge on any atom is -0.390 e. The van der Waals surface area contributed by atoms with E-state index in [1.807, 2.05) is 36.4 Å². The molecule has 1 aliphatic rings. The first-order valence-electron chi connectivity index (χ1n) is 12.5. The van der Waals surface area contributed by atoms with Crippen LogP contribution in [0.2, 0.25) is 0 Å². The molecule has 0 aliphatic carbocycles. The van der Waals surface area contributed by atoms with Gasteiger partial charge in [-0.1, -0.05) is 30.6 Å². The van der Waals surface area contributed by atoms with E-state index >= 15 is 0 Å². The Hall–Kier alpha value is -2.79. The first-order chi connectivity index (χ1) is 17.3. The van der Waals surface area contributed by atoms with Crippen LogP contribution in [0.1, 0.15) is 31.2 Å². The molecule has 0 radical (unpaired) electrons. The van der Waals surface area contributed by atoms with E-state index in [1.165, 1.54) is 5.56 Å². The molecule has 9 nitrogen and oxygen atoms in total. The van der Waals surface area contributed by atoms with Crippen LogP contribution in [0.15, 0.2) is 57.9 Å². The van der Waals surface area contributed by atoms with Gasteiger partial charge in [-0.05, 0) is 54.8 Å². The van der Waals surface area contributed by atoms with Gasteiger partial charge in [0.05, 0.1) is 11.0 Å². The molecule has 0 amide bonds. The van der Waals surface area contributed by atoms with E-state index in [0.717, 1.165) is 30.5 Å². The highest BCUT2D eigenvalue weighted by molar-refractivity contribution is 7.89. The number of anilines is 1. The van der Waals surface area contributed by atoms with E-state index in [0.29, 0.717) is 55.9 Å². The molecular formula is C26H35N5O4S. The molecule has 4 rings (SSSR count). The van der Waals surface area contributed by atoms with Crippen molar-refractivity contribution in [1.29, 1.82) is 0 Å². The lowest BCUT2D eigenvalue weighted by Crippen LogP contribution is -2.50. The molecule has 1 fully saturated rings. The lowest BCUT2D eigenvalue weighted by atomic mass is 10.1. The maximum Gasteiger partial charge on any atom is 0.243 e. The molecule has 2 aromatic carbocycles. The van der Waals surface area contributed by atoms with Crippen molar-refractivity contribution >= 4 is 15.7 Å². The van der Waals surface area contributed by atoms with Gasteiger partial charge in [-0.25, -0.2) is 8.42 Å². The molecule has 1 atom stereocenters. The van der Waals surface area contributed by atoms with E-state index in [-0.39, 0.29) is 0 Å². The summed E-state index contributed by atoms with van der Waals surface area (Å²) in [6.07, 6.45) is 2.61. The number of aryl methyl sites for hydroxylation is 2. The molecular weight excluding hydrogens is 478 g/mol. The summed E-state index contributed by atoms with van der Waals surface area (Å²) in [4.78, 5) is 6.67. The van der Waals surface area contributed by atoms with Gasteiger partial charge in [0.25, 0.3) is 0 Å². The van der Waals surface area contributed by atoms with Crippen LogP contribution in [0.3, 0.4) is 0 Å². The van der Waals surface area contributed by atoms with Crippen LogP contribution >= 0.6 is 0 Å². The number of benzene rings is 2. The average molecular weight is 514 g/mol. The largest absolute Gasteiger partial charge is 0.390 e. The maximum atomic E-state index is 13.1. The number of piperazine rings is 1. The Morgan fingerprint density at radius 2 is 1.75 bits per heavy atom. The highest BCUT2D eigenvalue weighted by Gasteiger charge is 2.29. The van der Waals surface area contributed by atoms with Gasteiger partial charge in [-0.2, -0.15) is 9.29 Å². The molecule has 36 heavy (non-hydrogen) atoms. The number of aromatic nitrogens is 2. The smallest absolute Gasteiger partial charge is 0.243 e. The Morgan fingerprint density at radius 3 is 2.36 bits per heavy atom. The second-order valence-corrected chi connectivity index (χ2v) is 11.1. The molecule has 2 N–H and O–H groups in total. The highest BCUT2D eigenvalue weighted by Crippen LogP contribution is 2.20. The van der Waals surface area contributed by atoms with Crippen LogP contribution in [0.25, 0.3) is 11.4 Å². The first-order valence-corrected chi connectivity index (χ1v) is 13.9. The van der Waals surface area contributed by atoms with Crippen molar-refractivity contribution in [2.45, 2.75) is 44.1 Å². The average Bonchev–Trinajstić information content (AvgIpc) is 3.33. The van der Waals surface area contributed by atoms with Gasteiger partial charge < -0.3 is 14.9 Å². The van der Waals surface area contributed by atoms with Crippen molar-refractivity contribution in [3.63, 3.8) is 0 Å². The summed E-state index contributed by atoms with van der Waals surface area (Å²) in [6.45, 7) is 6.77. The van der Waals surface area contributed by atoms with Crippen LogP contribution in [-0.2, 0) is 16.4 Å². The monoisotopic (exact) mass is 513 g/mol. The SMILES string of the molecule is CCCCc1ccc(S(=O)(=O)N2CCN(CC(O)CNc3ccc(-c4noc(C)n4)cc3)CC2)cc1. The molecule has 0 bridgehead atoms. The normalized spacial score (nSPS) is 16.2. The number of β-amino-alcohol motifs (C(OH)–C–C–N with tert-alkyl or cyclic N) is 1. The summed E-state index contributed by atoms with van der Waals surface area (Å²) in [7, 11) is -3.50. The molecule has 1 aliphatic heterocycles. The van der Waals surface area contributed by atoms with Gasteiger partial charge in [-0.15, -0.1) is 0 Å². The lowest BCUT2D eigenvalue weighted by molar-refractivity contribution is 0.0994. The van der Waals surface area contributed by atoms with Gasteiger partial charge in [0.1, 0.15) is 0 Å². The van der Waals surface area contributed by atoms with E-state index in [2.05, 4.69) is 27.3 Å². The molecule has 10 heteroatoms. The van der Waals surface area contributed by atoms with Crippen molar-refractivity contribution in [2.24, 2.45) is 0 Å². The van der Waals surface area contributed by atoms with E-state index < -0.39 is 16.1 Å². The van der Waals surface area contributed by atoms with Crippen molar-refractivity contribution in [1.82, 2.24) is 19.3 Å². The van der Waals surface area contributed by atoms with Crippen molar-refractivity contribution in [3.05, 3.63) is 60.0 Å². The molecule has 1 aromatic heterocycles. The third-order valence-corrected chi connectivity index (χ3v) is 8.31. The van der Waals surface area contributed by atoms with Crippen LogP contribution < -0.4 is 5.32 Å². The number of aliphatic hydroxyl groups is 1. The fourth-order valence-electron chi connectivity index (χ4n) is 4.26. The number of hydrogen-bond donors (Lipinski definition) is 2. The molecule has 194 valence electrons. The van der Waals surface area contributed by atoms with Crippen molar-refractivity contribution < 1.29 is 18.0 Å². The Labute approximate surface area is 213 Å². The van der Waals surface area contributed by atoms with Crippen LogP contribution in [0, 0.1) is 6.92 Å². The first kappa shape index (κ1) is 26.3. The van der Waals surface area contributed by atoms with Gasteiger partial charge in [-0.3, -0.25) is 4.90 Å². The number of nitrogens with one attached hydrogen (secondary N) is 1. The number of rotatable bonds is 11. The zero-order chi connectivity index (χ0) is 25.5. The summed E-state index contributed by atoms with van der Waals surface area (Å²) in [6, 6.07) is 14.9. The van der Waals surface area contributed by atoms with Crippen molar-refractivity contribution in [3.8, 4) is 11.4 Å². The third kappa shape index (κ3) is 6.70. The molecule has 3 aromatic rings. The Morgan fingerprint density at radius 1 is 1.06 bits per heavy atom. The summed E-state index contributed by atoms with van der Waals surface area (Å²) in [5.41, 5.74) is 2.91. The molecule has 2 heterocycles. The highest BCUT2D eigenvalue weighted by atomic mass is 32.2. The summed E-state index contributed by atoms with van der Waals surface area (Å²) in [5.74, 6) is 1.06. The Kier molecular flexibility index (Phi) is 8.73. The fourth-order valence-corrected chi connectivity index (χ4v) is 5.68. The van der Waals surface area contributed by atoms with E-state index in [9.17, 15) is 13.5 Å². The zero-order valence-corrected chi connectivity index (χ0v) is 21.7. The van der Waals surface area contributed by atoms with Gasteiger partial charge >= 0.3 is 0 Å². The standard InChI is InChI=1S/C26H35N5O4S/c1-3-4-5-21-6-12-25(13-7-21)36(33,34)31-16-14-30(15-17-31)19-24(32)18-27-23-10-8-22(9-11-23)26-28-20(2)35-29-26/h6-13,24,27,32H,3-5,14-19H2,1-2H3. The molecule has 0 spiro atoms. The number of hydrogen-bond acceptors (Lipinski definition) is 8. The van der Waals surface area contributed by atoms with Gasteiger partial charge in [0.15, 0.2) is 0 Å². The second-order valence-electron chi connectivity index (χ2n) is 9.20. The number of nitrogens with zero attached hydrogens (tertiary/aromatic N) is 4. The van der Waals surface area contributed by atoms with E-state index in [4.69, 9.17) is 4.52 Å². The predicted molar refractivity (Wildman–Crippen MR) is 139 cm³/mol. The van der Waals surface area contributed by atoms with Crippen molar-refractivity contribution in [2.75, 3.05) is 44.6 Å². The van der Waals surface area contributed by atoms with Crippen LogP contribution in [0.4, 0.5) is 5.69 Å². The summed E-state index contributed by atoms with van der Waals surface area (Å²) < 4.78 is 32.7. The van der Waals surface area contributed by atoms with Crippen LogP contribution in [0.5, 0.6) is 0 Å². The molecule has 1 unspecified atom stereocenters. The molecule has 1 saturated heterocycles. The summed E-state index contributed by atoms with van der Waals surface area (Å²) >= 11 is 0. The maximum absolute atomic E-state index is 13.1. The molecule has 0 saturated carbocycles. The minimum atomic E-state index is -3.50. The zero-order valence-electron chi connectivity index (χ0n) is 20.9. The quantitative estimate of drug-likeness (QED) is 0.402. The fraction of sp³-hybridized carbons (Fsp3) is 0.462. The second kappa shape index (κ2) is 12.0. The summed E-state index contributed by atoms with van der Waals surface area (Å²) in [5, 5.41) is 17.7. The Balaban J connectivity index is 1.22. The number of aliphatic hydroxyl groups excluding tert-OH is 1. The number of sulfonamides is 1.